The minimum absolute atomic E-state index is 0.0870. The molecule has 0 spiro atoms. The van der Waals surface area contributed by atoms with Gasteiger partial charge >= 0.3 is 0 Å². The number of nitrogens with two attached hydrogens (primary N) is 1. The van der Waals surface area contributed by atoms with Gasteiger partial charge in [0.15, 0.2) is 0 Å². The van der Waals surface area contributed by atoms with Gasteiger partial charge in [0, 0.05) is 42.6 Å². The number of benzene rings is 1. The Morgan fingerprint density at radius 1 is 1.26 bits per heavy atom. The fraction of sp³-hybridized carbons (Fsp3) is 0.529. The molecule has 3 rings (SSSR count). The molecule has 0 bridgehead atoms. The van der Waals surface area contributed by atoms with Crippen molar-refractivity contribution in [1.82, 2.24) is 14.9 Å². The van der Waals surface area contributed by atoms with Crippen molar-refractivity contribution in [2.24, 2.45) is 5.14 Å². The Morgan fingerprint density at radius 3 is 2.63 bits per heavy atom. The molecule has 0 amide bonds. The summed E-state index contributed by atoms with van der Waals surface area (Å²) >= 11 is 6.16. The van der Waals surface area contributed by atoms with Gasteiger partial charge < -0.3 is 15.1 Å². The maximum atomic E-state index is 11.2. The van der Waals surface area contributed by atoms with Gasteiger partial charge in [-0.05, 0) is 38.6 Å². The van der Waals surface area contributed by atoms with E-state index >= 15 is 0 Å². The van der Waals surface area contributed by atoms with Crippen LogP contribution in [0.2, 0.25) is 5.02 Å². The lowest BCUT2D eigenvalue weighted by Gasteiger charge is -2.32. The van der Waals surface area contributed by atoms with Crippen LogP contribution in [0.25, 0.3) is 10.9 Å². The number of anilines is 2. The Bertz CT molecular complexity index is 915. The monoisotopic (exact) mass is 412 g/mol. The second-order valence-corrected chi connectivity index (χ2v) is 9.20. The highest BCUT2D eigenvalue weighted by molar-refractivity contribution is 7.89. The normalized spacial score (nSPS) is 17.3. The first-order valence-electron chi connectivity index (χ1n) is 8.89. The molecule has 1 aromatic carbocycles. The van der Waals surface area contributed by atoms with E-state index in [9.17, 15) is 8.42 Å². The van der Waals surface area contributed by atoms with Gasteiger partial charge in [0.1, 0.15) is 5.82 Å². The van der Waals surface area contributed by atoms with Crippen LogP contribution < -0.4 is 15.4 Å². The summed E-state index contributed by atoms with van der Waals surface area (Å²) in [5, 5.41) is 9.82. The van der Waals surface area contributed by atoms with E-state index in [1.165, 1.54) is 0 Å². The summed E-state index contributed by atoms with van der Waals surface area (Å²) < 4.78 is 22.5. The minimum atomic E-state index is -3.50. The van der Waals surface area contributed by atoms with Gasteiger partial charge in [-0.3, -0.25) is 0 Å². The molecule has 148 valence electrons. The van der Waals surface area contributed by atoms with E-state index in [0.717, 1.165) is 37.1 Å². The van der Waals surface area contributed by atoms with Crippen LogP contribution in [-0.2, 0) is 10.0 Å². The highest BCUT2D eigenvalue weighted by atomic mass is 35.5. The van der Waals surface area contributed by atoms with Gasteiger partial charge in [0.25, 0.3) is 0 Å². The van der Waals surface area contributed by atoms with Crippen molar-refractivity contribution < 1.29 is 8.42 Å². The van der Waals surface area contributed by atoms with Crippen molar-refractivity contribution in [3.05, 3.63) is 23.2 Å². The van der Waals surface area contributed by atoms with E-state index in [0.29, 0.717) is 23.2 Å². The van der Waals surface area contributed by atoms with E-state index in [-0.39, 0.29) is 11.8 Å². The maximum absolute atomic E-state index is 11.2. The summed E-state index contributed by atoms with van der Waals surface area (Å²) in [6.07, 6.45) is 0.384. The number of nitrogens with zero attached hydrogens (tertiary/aromatic N) is 4. The molecule has 10 heteroatoms. The summed E-state index contributed by atoms with van der Waals surface area (Å²) in [5.41, 5.74) is 0.796. The van der Waals surface area contributed by atoms with E-state index in [1.54, 1.807) is 6.07 Å². The second kappa shape index (κ2) is 8.14. The Labute approximate surface area is 164 Å². The Balaban J connectivity index is 1.90. The first kappa shape index (κ1) is 20.1. The zero-order valence-corrected chi connectivity index (χ0v) is 17.1. The molecule has 2 aromatic rings. The zero-order chi connectivity index (χ0) is 19.6. The van der Waals surface area contributed by atoms with E-state index in [2.05, 4.69) is 22.2 Å². The van der Waals surface area contributed by atoms with Crippen LogP contribution in [0.3, 0.4) is 0 Å². The summed E-state index contributed by atoms with van der Waals surface area (Å²) in [6.45, 7) is 5.52. The summed E-state index contributed by atoms with van der Waals surface area (Å²) in [6, 6.07) is 5.37. The van der Waals surface area contributed by atoms with Crippen LogP contribution in [0.4, 0.5) is 11.8 Å². The number of rotatable bonds is 6. The van der Waals surface area contributed by atoms with Crippen LogP contribution in [0.5, 0.6) is 0 Å². The molecule has 1 aromatic heterocycles. The third kappa shape index (κ3) is 5.41. The Kier molecular flexibility index (Phi) is 6.05. The number of likely N-dealkylation sites (N-methyl/N-ethyl adjacent to an activating group) is 1. The molecule has 0 saturated carbocycles. The lowest BCUT2D eigenvalue weighted by atomic mass is 10.2. The lowest BCUT2D eigenvalue weighted by Crippen LogP contribution is -2.45. The summed E-state index contributed by atoms with van der Waals surface area (Å²) in [7, 11) is -1.40. The van der Waals surface area contributed by atoms with Crippen molar-refractivity contribution >= 4 is 44.3 Å². The Morgan fingerprint density at radius 2 is 1.96 bits per heavy atom. The molecule has 2 heterocycles. The highest BCUT2D eigenvalue weighted by Crippen LogP contribution is 2.27. The molecular formula is C17H25ClN6O2S. The highest BCUT2D eigenvalue weighted by Gasteiger charge is 2.19. The Hall–Kier alpha value is -1.68. The van der Waals surface area contributed by atoms with Gasteiger partial charge in [0.05, 0.1) is 11.3 Å². The van der Waals surface area contributed by atoms with Crippen LogP contribution >= 0.6 is 11.6 Å². The smallest absolute Gasteiger partial charge is 0.227 e. The topological polar surface area (TPSA) is 104 Å². The lowest BCUT2D eigenvalue weighted by molar-refractivity contribution is 0.311. The van der Waals surface area contributed by atoms with Crippen LogP contribution in [0.1, 0.15) is 13.3 Å². The van der Waals surface area contributed by atoms with Crippen molar-refractivity contribution in [1.29, 1.82) is 0 Å². The molecule has 8 nitrogen and oxygen atoms in total. The molecular weight excluding hydrogens is 388 g/mol. The van der Waals surface area contributed by atoms with Gasteiger partial charge in [-0.25, -0.2) is 18.5 Å². The number of nitrogens with one attached hydrogen (secondary N) is 1. The molecule has 1 aliphatic heterocycles. The minimum Gasteiger partial charge on any atom is -0.367 e. The van der Waals surface area contributed by atoms with Crippen LogP contribution in [0.15, 0.2) is 18.2 Å². The summed E-state index contributed by atoms with van der Waals surface area (Å²) in [4.78, 5) is 13.9. The standard InChI is InChI=1S/C17H25ClN6O2S/c1-12(5-10-27(19,25)26)20-16-14-11-13(18)3-4-15(14)21-17(22-16)24-8-6-23(2)7-9-24/h3-4,11-12H,5-10H2,1-2H3,(H2,19,25,26)(H,20,21,22). The third-order valence-corrected chi connectivity index (χ3v) is 5.69. The number of fused-ring (bicyclic) bond motifs is 1. The molecule has 0 aliphatic carbocycles. The molecule has 1 atom stereocenters. The SMILES string of the molecule is CC(CCS(N)(=O)=O)Nc1nc(N2CCN(C)CC2)nc2ccc(Cl)cc12. The molecule has 1 aliphatic rings. The number of sulfonamides is 1. The van der Waals surface area contributed by atoms with Crippen molar-refractivity contribution in [2.45, 2.75) is 19.4 Å². The average Bonchev–Trinajstić information content (AvgIpc) is 2.60. The molecule has 27 heavy (non-hydrogen) atoms. The average molecular weight is 413 g/mol. The van der Waals surface area contributed by atoms with Gasteiger partial charge in [-0.2, -0.15) is 4.98 Å². The van der Waals surface area contributed by atoms with Gasteiger partial charge in [-0.1, -0.05) is 11.6 Å². The second-order valence-electron chi connectivity index (χ2n) is 7.03. The number of piperazine rings is 1. The first-order valence-corrected chi connectivity index (χ1v) is 11.0. The molecule has 0 radical (unpaired) electrons. The molecule has 1 saturated heterocycles. The molecule has 3 N–H and O–H groups in total. The maximum Gasteiger partial charge on any atom is 0.227 e. The fourth-order valence-corrected chi connectivity index (χ4v) is 3.85. The van der Waals surface area contributed by atoms with Crippen molar-refractivity contribution in [3.63, 3.8) is 0 Å². The predicted octanol–water partition coefficient (Wildman–Crippen LogP) is 1.51. The van der Waals surface area contributed by atoms with Gasteiger partial charge in [0.2, 0.25) is 16.0 Å². The quantitative estimate of drug-likeness (QED) is 0.740. The zero-order valence-electron chi connectivity index (χ0n) is 15.5. The summed E-state index contributed by atoms with van der Waals surface area (Å²) in [5.74, 6) is 1.23. The number of primary sulfonamides is 1. The van der Waals surface area contributed by atoms with Crippen LogP contribution in [-0.4, -0.2) is 68.3 Å². The first-order chi connectivity index (χ1) is 12.7. The van der Waals surface area contributed by atoms with E-state index in [4.69, 9.17) is 26.7 Å². The van der Waals surface area contributed by atoms with Crippen molar-refractivity contribution in [2.75, 3.05) is 49.2 Å². The van der Waals surface area contributed by atoms with E-state index in [1.807, 2.05) is 19.1 Å². The fourth-order valence-electron chi connectivity index (χ4n) is 2.99. The largest absolute Gasteiger partial charge is 0.367 e. The van der Waals surface area contributed by atoms with Gasteiger partial charge in [-0.15, -0.1) is 0 Å². The molecule has 1 unspecified atom stereocenters. The number of aromatic nitrogens is 2. The van der Waals surface area contributed by atoms with E-state index < -0.39 is 10.0 Å². The van der Waals surface area contributed by atoms with Crippen molar-refractivity contribution in [3.8, 4) is 0 Å². The predicted molar refractivity (Wildman–Crippen MR) is 110 cm³/mol. The van der Waals surface area contributed by atoms with Crippen LogP contribution in [0, 0.1) is 0 Å². The number of hydrogen-bond donors (Lipinski definition) is 2. The number of hydrogen-bond acceptors (Lipinski definition) is 7. The number of halogens is 1. The molecule has 1 fully saturated rings. The third-order valence-electron chi connectivity index (χ3n) is 4.65.